The Morgan fingerprint density at radius 2 is 2.46 bits per heavy atom. The molecule has 0 fully saturated rings. The summed E-state index contributed by atoms with van der Waals surface area (Å²) in [7, 11) is 0. The zero-order valence-electron chi connectivity index (χ0n) is 8.64. The van der Waals surface area contributed by atoms with Crippen LogP contribution in [0, 0.1) is 0 Å². The van der Waals surface area contributed by atoms with E-state index in [9.17, 15) is 0 Å². The Bertz CT molecular complexity index is 212. The van der Waals surface area contributed by atoms with Gasteiger partial charge in [0.25, 0.3) is 0 Å². The molecular weight excluding hydrogens is 160 g/mol. The molecular formula is C11H20N2. The van der Waals surface area contributed by atoms with Gasteiger partial charge in [0.15, 0.2) is 0 Å². The summed E-state index contributed by atoms with van der Waals surface area (Å²) in [5, 5.41) is 3.31. The third-order valence-corrected chi connectivity index (χ3v) is 2.20. The molecule has 0 amide bonds. The number of hydrogen-bond donors (Lipinski definition) is 2. The van der Waals surface area contributed by atoms with Crippen molar-refractivity contribution in [2.75, 3.05) is 13.1 Å². The van der Waals surface area contributed by atoms with Gasteiger partial charge in [-0.3, -0.25) is 0 Å². The number of rotatable bonds is 3. The van der Waals surface area contributed by atoms with Crippen LogP contribution in [-0.2, 0) is 0 Å². The largest absolute Gasteiger partial charge is 0.323 e. The Morgan fingerprint density at radius 3 is 3.08 bits per heavy atom. The molecule has 1 unspecified atom stereocenters. The van der Waals surface area contributed by atoms with Gasteiger partial charge >= 0.3 is 0 Å². The molecule has 13 heavy (non-hydrogen) atoms. The predicted molar refractivity (Wildman–Crippen MR) is 57.6 cm³/mol. The van der Waals surface area contributed by atoms with Gasteiger partial charge in [-0.15, -0.1) is 0 Å². The fraction of sp³-hybridized carbons (Fsp3) is 0.636. The van der Waals surface area contributed by atoms with Crippen LogP contribution in [0.5, 0.6) is 0 Å². The second kappa shape index (κ2) is 5.20. The minimum Gasteiger partial charge on any atom is -0.323 e. The van der Waals surface area contributed by atoms with Gasteiger partial charge in [-0.1, -0.05) is 23.3 Å². The van der Waals surface area contributed by atoms with Gasteiger partial charge in [-0.25, -0.2) is 0 Å². The van der Waals surface area contributed by atoms with Gasteiger partial charge in [0.1, 0.15) is 0 Å². The lowest BCUT2D eigenvalue weighted by molar-refractivity contribution is 0.620. The van der Waals surface area contributed by atoms with Crippen molar-refractivity contribution in [2.45, 2.75) is 32.7 Å². The van der Waals surface area contributed by atoms with Crippen molar-refractivity contribution in [1.29, 1.82) is 0 Å². The lowest BCUT2D eigenvalue weighted by Gasteiger charge is -2.18. The van der Waals surface area contributed by atoms with E-state index in [1.165, 1.54) is 11.1 Å². The number of nitrogens with one attached hydrogen (secondary N) is 1. The quantitative estimate of drug-likeness (QED) is 0.647. The lowest BCUT2D eigenvalue weighted by atomic mass is 10.0. The molecule has 0 saturated carbocycles. The van der Waals surface area contributed by atoms with Crippen molar-refractivity contribution < 1.29 is 0 Å². The van der Waals surface area contributed by atoms with Crippen LogP contribution in [-0.4, -0.2) is 19.1 Å². The third kappa shape index (κ3) is 4.25. The van der Waals surface area contributed by atoms with Gasteiger partial charge in [-0.2, -0.15) is 0 Å². The number of allylic oxidation sites excluding steroid dienone is 2. The van der Waals surface area contributed by atoms with Crippen LogP contribution < -0.4 is 11.1 Å². The smallest absolute Gasteiger partial charge is 0.0354 e. The fourth-order valence-corrected chi connectivity index (χ4v) is 1.54. The minimum absolute atomic E-state index is 0.218. The molecule has 0 radical (unpaired) electrons. The van der Waals surface area contributed by atoms with Gasteiger partial charge in [0, 0.05) is 19.1 Å². The van der Waals surface area contributed by atoms with E-state index in [4.69, 9.17) is 5.73 Å². The molecule has 3 N–H and O–H groups in total. The first-order valence-electron chi connectivity index (χ1n) is 4.97. The average molecular weight is 180 g/mol. The van der Waals surface area contributed by atoms with Crippen molar-refractivity contribution in [3.05, 3.63) is 23.3 Å². The van der Waals surface area contributed by atoms with E-state index in [-0.39, 0.29) is 6.04 Å². The Morgan fingerprint density at radius 1 is 1.69 bits per heavy atom. The molecule has 2 heteroatoms. The van der Waals surface area contributed by atoms with Crippen LogP contribution in [0.4, 0.5) is 0 Å². The summed E-state index contributed by atoms with van der Waals surface area (Å²) in [6.07, 6.45) is 6.77. The zero-order chi connectivity index (χ0) is 9.68. The number of hydrogen-bond acceptors (Lipinski definition) is 2. The maximum absolute atomic E-state index is 5.80. The third-order valence-electron chi connectivity index (χ3n) is 2.20. The molecule has 0 saturated heterocycles. The summed E-state index contributed by atoms with van der Waals surface area (Å²) in [4.78, 5) is 0. The van der Waals surface area contributed by atoms with E-state index in [0.717, 1.165) is 25.9 Å². The van der Waals surface area contributed by atoms with Crippen molar-refractivity contribution in [1.82, 2.24) is 5.32 Å². The second-order valence-corrected chi connectivity index (χ2v) is 3.94. The van der Waals surface area contributed by atoms with Crippen LogP contribution in [0.25, 0.3) is 0 Å². The molecule has 0 bridgehead atoms. The Hall–Kier alpha value is -0.600. The highest BCUT2D eigenvalue weighted by Crippen LogP contribution is 2.09. The summed E-state index contributed by atoms with van der Waals surface area (Å²) in [6, 6.07) is 0.218. The van der Waals surface area contributed by atoms with Crippen LogP contribution in [0.3, 0.4) is 0 Å². The van der Waals surface area contributed by atoms with Gasteiger partial charge < -0.3 is 11.1 Å². The van der Waals surface area contributed by atoms with Crippen molar-refractivity contribution in [3.8, 4) is 0 Å². The Labute approximate surface area is 80.9 Å². The molecule has 0 aromatic heterocycles. The summed E-state index contributed by atoms with van der Waals surface area (Å²) in [6.45, 7) is 6.22. The standard InChI is InChI=1S/C11H20N2/c1-9(2)4-3-5-10-6-11(12)8-13-7-10/h4,6,11,13H,3,5,7-8,12H2,1-2H3. The van der Waals surface area contributed by atoms with Gasteiger partial charge in [0.2, 0.25) is 0 Å². The van der Waals surface area contributed by atoms with E-state index in [1.807, 2.05) is 0 Å². The zero-order valence-corrected chi connectivity index (χ0v) is 8.64. The van der Waals surface area contributed by atoms with E-state index >= 15 is 0 Å². The van der Waals surface area contributed by atoms with E-state index in [2.05, 4.69) is 31.3 Å². The molecule has 1 atom stereocenters. The summed E-state index contributed by atoms with van der Waals surface area (Å²) in [5.41, 5.74) is 8.65. The summed E-state index contributed by atoms with van der Waals surface area (Å²) < 4.78 is 0. The highest BCUT2D eigenvalue weighted by molar-refractivity contribution is 5.13. The van der Waals surface area contributed by atoms with Gasteiger partial charge in [0.05, 0.1) is 0 Å². The number of nitrogens with two attached hydrogens (primary N) is 1. The average Bonchev–Trinajstić information content (AvgIpc) is 2.03. The summed E-state index contributed by atoms with van der Waals surface area (Å²) >= 11 is 0. The molecule has 1 aliphatic heterocycles. The van der Waals surface area contributed by atoms with Gasteiger partial charge in [-0.05, 0) is 26.7 Å². The fourth-order valence-electron chi connectivity index (χ4n) is 1.54. The Kier molecular flexibility index (Phi) is 4.19. The van der Waals surface area contributed by atoms with Crippen LogP contribution in [0.1, 0.15) is 26.7 Å². The van der Waals surface area contributed by atoms with Crippen molar-refractivity contribution in [3.63, 3.8) is 0 Å². The topological polar surface area (TPSA) is 38.0 Å². The monoisotopic (exact) mass is 180 g/mol. The molecule has 74 valence electrons. The minimum atomic E-state index is 0.218. The van der Waals surface area contributed by atoms with E-state index < -0.39 is 0 Å². The first kappa shape index (κ1) is 10.5. The molecule has 1 heterocycles. The van der Waals surface area contributed by atoms with Crippen LogP contribution in [0.2, 0.25) is 0 Å². The molecule has 1 aliphatic rings. The van der Waals surface area contributed by atoms with Crippen LogP contribution in [0.15, 0.2) is 23.3 Å². The molecule has 0 aliphatic carbocycles. The first-order valence-corrected chi connectivity index (χ1v) is 4.97. The molecule has 2 nitrogen and oxygen atoms in total. The normalized spacial score (nSPS) is 22.4. The molecule has 0 spiro atoms. The predicted octanol–water partition coefficient (Wildman–Crippen LogP) is 1.59. The molecule has 0 aromatic rings. The van der Waals surface area contributed by atoms with Crippen molar-refractivity contribution in [2.24, 2.45) is 5.73 Å². The second-order valence-electron chi connectivity index (χ2n) is 3.94. The molecule has 0 aromatic carbocycles. The SMILES string of the molecule is CC(C)=CCCC1=CC(N)CNC1. The summed E-state index contributed by atoms with van der Waals surface area (Å²) in [5.74, 6) is 0. The van der Waals surface area contributed by atoms with E-state index in [1.54, 1.807) is 0 Å². The highest BCUT2D eigenvalue weighted by atomic mass is 14.9. The lowest BCUT2D eigenvalue weighted by Crippen LogP contribution is -2.37. The van der Waals surface area contributed by atoms with Crippen molar-refractivity contribution >= 4 is 0 Å². The maximum Gasteiger partial charge on any atom is 0.0354 e. The maximum atomic E-state index is 5.80. The first-order chi connectivity index (χ1) is 6.18. The Balaban J connectivity index is 2.32. The molecule has 1 rings (SSSR count). The highest BCUT2D eigenvalue weighted by Gasteiger charge is 2.07. The van der Waals surface area contributed by atoms with E-state index in [0.29, 0.717) is 0 Å². The van der Waals surface area contributed by atoms with Crippen LogP contribution >= 0.6 is 0 Å².